The lowest BCUT2D eigenvalue weighted by molar-refractivity contribution is -0.140. The van der Waals surface area contributed by atoms with Crippen LogP contribution < -0.4 is 22.5 Å². The lowest BCUT2D eigenvalue weighted by atomic mass is 10.0. The van der Waals surface area contributed by atoms with Gasteiger partial charge >= 0.3 is 17.9 Å². The second-order valence-corrected chi connectivity index (χ2v) is 5.85. The number of aliphatic carboxylic acids is 3. The first-order chi connectivity index (χ1) is 11.9. The van der Waals surface area contributed by atoms with Gasteiger partial charge in [0.1, 0.15) is 18.1 Å². The number of amides is 1. The average Bonchev–Trinajstić information content (AvgIpc) is 3.08. The molecular formula is C15H30N4O7. The molecule has 0 unspecified atom stereocenters. The molecule has 1 rings (SSSR count). The number of carbonyl (C=O) groups is 4. The van der Waals surface area contributed by atoms with Gasteiger partial charge in [0.05, 0.1) is 6.42 Å². The van der Waals surface area contributed by atoms with Gasteiger partial charge in [-0.05, 0) is 25.3 Å². The summed E-state index contributed by atoms with van der Waals surface area (Å²) in [5.74, 6) is -3.48. The topological polar surface area (TPSA) is 219 Å². The number of rotatable bonds is 7. The van der Waals surface area contributed by atoms with Crippen LogP contribution in [-0.4, -0.2) is 63.8 Å². The van der Waals surface area contributed by atoms with E-state index in [1.54, 1.807) is 0 Å². The number of nitrogens with one attached hydrogen (secondary N) is 1. The standard InChI is InChI=1S/C6H13NO2.C5H9NO2.C4H8N2O3/c1-3-4(2)5(7)6(8)9;7-5(8)4-2-1-3-6-4;5-2(4(8)9)1-3(6)7/h4-5H,3,7H2,1-2H3,(H,8,9);4,6H,1-3H2,(H,7,8);2H,1,5H2,(H2,6,7)(H,8,9)/t4-,5-;4-;2-/m000/s1. The Morgan fingerprint density at radius 1 is 1.12 bits per heavy atom. The Hall–Kier alpha value is -2.24. The summed E-state index contributed by atoms with van der Waals surface area (Å²) in [5, 5.41) is 27.7. The molecule has 0 aromatic heterocycles. The van der Waals surface area contributed by atoms with Crippen LogP contribution in [0.25, 0.3) is 0 Å². The largest absolute Gasteiger partial charge is 0.480 e. The van der Waals surface area contributed by atoms with Crippen molar-refractivity contribution in [2.75, 3.05) is 6.54 Å². The molecule has 0 spiro atoms. The van der Waals surface area contributed by atoms with Gasteiger partial charge in [-0.1, -0.05) is 20.3 Å². The third-order valence-corrected chi connectivity index (χ3v) is 3.64. The summed E-state index contributed by atoms with van der Waals surface area (Å²) >= 11 is 0. The molecule has 0 saturated carbocycles. The molecule has 1 aliphatic heterocycles. The first-order valence-electron chi connectivity index (χ1n) is 8.15. The highest BCUT2D eigenvalue weighted by Crippen LogP contribution is 2.04. The number of nitrogens with two attached hydrogens (primary N) is 3. The molecule has 1 saturated heterocycles. The first kappa shape index (κ1) is 26.0. The summed E-state index contributed by atoms with van der Waals surface area (Å²) < 4.78 is 0. The SMILES string of the molecule is CC[C@H](C)[C@H](N)C(=O)O.NC(=O)C[C@H](N)C(=O)O.O=C(O)[C@@H]1CCCN1. The van der Waals surface area contributed by atoms with E-state index in [0.29, 0.717) is 0 Å². The van der Waals surface area contributed by atoms with Crippen LogP contribution >= 0.6 is 0 Å². The fourth-order valence-electron chi connectivity index (χ4n) is 1.70. The van der Waals surface area contributed by atoms with E-state index in [9.17, 15) is 19.2 Å². The minimum atomic E-state index is -1.21. The van der Waals surface area contributed by atoms with Crippen molar-refractivity contribution in [1.82, 2.24) is 5.32 Å². The highest BCUT2D eigenvalue weighted by Gasteiger charge is 2.20. The van der Waals surface area contributed by atoms with Crippen molar-refractivity contribution in [3.8, 4) is 0 Å². The van der Waals surface area contributed by atoms with E-state index in [-0.39, 0.29) is 18.4 Å². The van der Waals surface area contributed by atoms with E-state index < -0.39 is 35.9 Å². The smallest absolute Gasteiger partial charge is 0.321 e. The molecule has 11 nitrogen and oxygen atoms in total. The van der Waals surface area contributed by atoms with Gasteiger partial charge in [0.25, 0.3) is 0 Å². The normalized spacial score (nSPS) is 18.8. The number of hydrogen-bond donors (Lipinski definition) is 7. The van der Waals surface area contributed by atoms with Crippen molar-refractivity contribution in [2.45, 2.75) is 57.7 Å². The summed E-state index contributed by atoms with van der Waals surface area (Å²) in [4.78, 5) is 40.2. The van der Waals surface area contributed by atoms with Gasteiger partial charge in [-0.2, -0.15) is 0 Å². The van der Waals surface area contributed by atoms with Gasteiger partial charge < -0.3 is 37.8 Å². The van der Waals surface area contributed by atoms with Crippen LogP contribution in [0.5, 0.6) is 0 Å². The molecule has 1 amide bonds. The van der Waals surface area contributed by atoms with E-state index in [0.717, 1.165) is 25.8 Å². The minimum Gasteiger partial charge on any atom is -0.480 e. The first-order valence-corrected chi connectivity index (χ1v) is 8.15. The Morgan fingerprint density at radius 2 is 1.65 bits per heavy atom. The lowest BCUT2D eigenvalue weighted by Gasteiger charge is -2.11. The molecule has 0 aromatic carbocycles. The molecule has 26 heavy (non-hydrogen) atoms. The van der Waals surface area contributed by atoms with Gasteiger partial charge in [-0.25, -0.2) is 0 Å². The zero-order valence-corrected chi connectivity index (χ0v) is 15.1. The van der Waals surface area contributed by atoms with E-state index in [1.165, 1.54) is 0 Å². The molecule has 0 aliphatic carbocycles. The Labute approximate surface area is 151 Å². The number of carboxylic acids is 3. The second-order valence-electron chi connectivity index (χ2n) is 5.85. The molecule has 1 aliphatic rings. The Bertz CT molecular complexity index is 467. The van der Waals surface area contributed by atoms with Crippen molar-refractivity contribution in [1.29, 1.82) is 0 Å². The molecule has 4 atom stereocenters. The van der Waals surface area contributed by atoms with Gasteiger partial charge in [0.15, 0.2) is 0 Å². The summed E-state index contributed by atoms with van der Waals surface area (Å²) in [7, 11) is 0. The molecule has 152 valence electrons. The predicted octanol–water partition coefficient (Wildman–Crippen LogP) is -1.46. The monoisotopic (exact) mass is 378 g/mol. The minimum absolute atomic E-state index is 0.0718. The zero-order chi connectivity index (χ0) is 20.9. The van der Waals surface area contributed by atoms with Crippen molar-refractivity contribution >= 4 is 23.8 Å². The van der Waals surface area contributed by atoms with Gasteiger partial charge in [0.2, 0.25) is 5.91 Å². The predicted molar refractivity (Wildman–Crippen MR) is 93.1 cm³/mol. The van der Waals surface area contributed by atoms with Crippen molar-refractivity contribution in [2.24, 2.45) is 23.1 Å². The zero-order valence-electron chi connectivity index (χ0n) is 15.1. The molecule has 1 heterocycles. The summed E-state index contributed by atoms with van der Waals surface area (Å²) in [6.45, 7) is 4.61. The van der Waals surface area contributed by atoms with E-state index in [4.69, 9.17) is 26.8 Å². The number of hydrogen-bond acceptors (Lipinski definition) is 7. The van der Waals surface area contributed by atoms with Crippen LogP contribution in [0.3, 0.4) is 0 Å². The second kappa shape index (κ2) is 14.0. The number of primary amides is 1. The fraction of sp³-hybridized carbons (Fsp3) is 0.733. The molecule has 0 bridgehead atoms. The summed E-state index contributed by atoms with van der Waals surface area (Å²) in [5.41, 5.74) is 14.8. The third kappa shape index (κ3) is 13.1. The van der Waals surface area contributed by atoms with Gasteiger partial charge in [-0.15, -0.1) is 0 Å². The summed E-state index contributed by atoms with van der Waals surface area (Å²) in [6, 6.07) is -2.13. The highest BCUT2D eigenvalue weighted by molar-refractivity contribution is 5.83. The van der Waals surface area contributed by atoms with Crippen LogP contribution in [-0.2, 0) is 19.2 Å². The Balaban J connectivity index is 0. The molecule has 0 aromatic rings. The van der Waals surface area contributed by atoms with Gasteiger partial charge in [0, 0.05) is 0 Å². The molecule has 10 N–H and O–H groups in total. The molecule has 0 radical (unpaired) electrons. The fourth-order valence-corrected chi connectivity index (χ4v) is 1.70. The van der Waals surface area contributed by atoms with Crippen LogP contribution in [0.2, 0.25) is 0 Å². The maximum atomic E-state index is 10.2. The van der Waals surface area contributed by atoms with E-state index in [1.807, 2.05) is 13.8 Å². The maximum absolute atomic E-state index is 10.2. The Morgan fingerprint density at radius 3 is 1.81 bits per heavy atom. The number of carbonyl (C=O) groups excluding carboxylic acids is 1. The summed E-state index contributed by atoms with van der Waals surface area (Å²) in [6.07, 6.45) is 2.29. The molecule has 11 heteroatoms. The van der Waals surface area contributed by atoms with Crippen LogP contribution in [0, 0.1) is 5.92 Å². The van der Waals surface area contributed by atoms with Crippen LogP contribution in [0.4, 0.5) is 0 Å². The van der Waals surface area contributed by atoms with E-state index in [2.05, 4.69) is 11.1 Å². The van der Waals surface area contributed by atoms with Crippen molar-refractivity contribution < 1.29 is 34.5 Å². The van der Waals surface area contributed by atoms with Crippen LogP contribution in [0.1, 0.15) is 39.5 Å². The molecular weight excluding hydrogens is 348 g/mol. The lowest BCUT2D eigenvalue weighted by Crippen LogP contribution is -2.36. The van der Waals surface area contributed by atoms with Gasteiger partial charge in [-0.3, -0.25) is 19.2 Å². The number of carboxylic acid groups (broad SMARTS) is 3. The Kier molecular flexibility index (Phi) is 14.0. The van der Waals surface area contributed by atoms with Crippen molar-refractivity contribution in [3.05, 3.63) is 0 Å². The highest BCUT2D eigenvalue weighted by atomic mass is 16.4. The average molecular weight is 378 g/mol. The van der Waals surface area contributed by atoms with Crippen molar-refractivity contribution in [3.63, 3.8) is 0 Å². The maximum Gasteiger partial charge on any atom is 0.321 e. The quantitative estimate of drug-likeness (QED) is 0.273. The van der Waals surface area contributed by atoms with E-state index >= 15 is 0 Å². The van der Waals surface area contributed by atoms with Crippen LogP contribution in [0.15, 0.2) is 0 Å². The third-order valence-electron chi connectivity index (χ3n) is 3.64. The molecule has 1 fully saturated rings.